The maximum absolute atomic E-state index is 12.6. The molecule has 2 N–H and O–H groups in total. The Hall–Kier alpha value is -2.22. The first-order chi connectivity index (χ1) is 12.7. The Morgan fingerprint density at radius 3 is 2.22 bits per heavy atom. The smallest absolute Gasteiger partial charge is 0.328 e. The molecule has 0 unspecified atom stereocenters. The zero-order valence-corrected chi connectivity index (χ0v) is 17.0. The van der Waals surface area contributed by atoms with Crippen molar-refractivity contribution in [2.75, 3.05) is 12.9 Å². The normalized spacial score (nSPS) is 14.1. The minimum atomic E-state index is -1.30. The van der Waals surface area contributed by atoms with E-state index in [0.29, 0.717) is 11.3 Å². The highest BCUT2D eigenvalue weighted by Crippen LogP contribution is 2.10. The van der Waals surface area contributed by atoms with Gasteiger partial charge in [0.15, 0.2) is 0 Å². The summed E-state index contributed by atoms with van der Waals surface area (Å²) in [5.74, 6) is -1.02. The highest BCUT2D eigenvalue weighted by molar-refractivity contribution is 7.85. The van der Waals surface area contributed by atoms with Gasteiger partial charge in [-0.25, -0.2) is 4.79 Å². The van der Waals surface area contributed by atoms with E-state index in [4.69, 9.17) is 4.74 Å². The lowest BCUT2D eigenvalue weighted by Crippen LogP contribution is -2.52. The van der Waals surface area contributed by atoms with E-state index >= 15 is 0 Å². The average Bonchev–Trinajstić information content (AvgIpc) is 2.63. The summed E-state index contributed by atoms with van der Waals surface area (Å²) < 4.78 is 17.1. The van der Waals surface area contributed by atoms with Crippen molar-refractivity contribution < 1.29 is 23.3 Å². The molecular formula is C19H28N2O5S. The Labute approximate surface area is 162 Å². The van der Waals surface area contributed by atoms with Gasteiger partial charge in [-0.05, 0) is 30.9 Å². The number of rotatable bonds is 10. The van der Waals surface area contributed by atoms with Crippen molar-refractivity contribution in [2.45, 2.75) is 50.6 Å². The van der Waals surface area contributed by atoms with Crippen LogP contribution < -0.4 is 10.6 Å². The number of hydrogen-bond donors (Lipinski definition) is 2. The van der Waals surface area contributed by atoms with E-state index in [1.807, 2.05) is 19.9 Å². The van der Waals surface area contributed by atoms with Crippen LogP contribution >= 0.6 is 0 Å². The second-order valence-corrected chi connectivity index (χ2v) is 8.19. The van der Waals surface area contributed by atoms with Crippen molar-refractivity contribution in [3.8, 4) is 0 Å². The van der Waals surface area contributed by atoms with Crippen LogP contribution in [0.1, 0.15) is 33.6 Å². The number of methoxy groups -OCH3 is 1. The van der Waals surface area contributed by atoms with Gasteiger partial charge in [-0.2, -0.15) is 0 Å². The van der Waals surface area contributed by atoms with Crippen molar-refractivity contribution in [1.29, 1.82) is 0 Å². The molecule has 2 amide bonds. The van der Waals surface area contributed by atoms with Crippen LogP contribution in [0, 0.1) is 5.92 Å². The van der Waals surface area contributed by atoms with E-state index in [-0.39, 0.29) is 24.0 Å². The molecule has 0 saturated heterocycles. The average molecular weight is 397 g/mol. The minimum Gasteiger partial charge on any atom is -0.467 e. The Morgan fingerprint density at radius 1 is 1.07 bits per heavy atom. The van der Waals surface area contributed by atoms with E-state index < -0.39 is 34.8 Å². The van der Waals surface area contributed by atoms with Crippen molar-refractivity contribution in [2.24, 2.45) is 5.92 Å². The molecule has 0 aromatic heterocycles. The van der Waals surface area contributed by atoms with Crippen LogP contribution in [0.25, 0.3) is 0 Å². The second kappa shape index (κ2) is 11.5. The molecule has 0 bridgehead atoms. The molecule has 8 heteroatoms. The predicted octanol–water partition coefficient (Wildman–Crippen LogP) is 1.39. The fraction of sp³-hybridized carbons (Fsp3) is 0.526. The van der Waals surface area contributed by atoms with Gasteiger partial charge in [0.05, 0.1) is 17.9 Å². The van der Waals surface area contributed by atoms with E-state index in [1.165, 1.54) is 14.0 Å². The van der Waals surface area contributed by atoms with E-state index in [2.05, 4.69) is 10.6 Å². The molecule has 0 heterocycles. The summed E-state index contributed by atoms with van der Waals surface area (Å²) >= 11 is 0. The van der Waals surface area contributed by atoms with Crippen LogP contribution in [0.15, 0.2) is 35.2 Å². The molecule has 0 radical (unpaired) electrons. The summed E-state index contributed by atoms with van der Waals surface area (Å²) in [4.78, 5) is 36.6. The fourth-order valence-corrected chi connectivity index (χ4v) is 3.67. The standard InChI is InChI=1S/C19H28N2O5S/c1-13(2)12-17(20-14(3)22)18(23)21-16(19(24)26-4)10-11-27(25)15-8-6-5-7-9-15/h5-9,13,16-17H,10-12H2,1-4H3,(H,20,22)(H,21,23)/t16-,17+,27+/m1/s1. The zero-order valence-electron chi connectivity index (χ0n) is 16.2. The van der Waals surface area contributed by atoms with Gasteiger partial charge in [-0.1, -0.05) is 32.0 Å². The number of ether oxygens (including phenoxy) is 1. The van der Waals surface area contributed by atoms with Crippen LogP contribution in [0.3, 0.4) is 0 Å². The zero-order chi connectivity index (χ0) is 20.4. The highest BCUT2D eigenvalue weighted by atomic mass is 32.2. The molecule has 0 fully saturated rings. The third-order valence-corrected chi connectivity index (χ3v) is 5.21. The number of carbonyl (C=O) groups is 3. The Kier molecular flexibility index (Phi) is 9.71. The van der Waals surface area contributed by atoms with Gasteiger partial charge in [-0.15, -0.1) is 0 Å². The minimum absolute atomic E-state index is 0.161. The number of benzene rings is 1. The SMILES string of the molecule is COC(=O)[C@@H](CC[S@](=O)c1ccccc1)NC(=O)[C@H](CC(C)C)NC(C)=O. The molecule has 0 saturated carbocycles. The summed E-state index contributed by atoms with van der Waals surface area (Å²) in [6.07, 6.45) is 0.601. The molecule has 0 aliphatic rings. The van der Waals surface area contributed by atoms with Gasteiger partial charge >= 0.3 is 5.97 Å². The Morgan fingerprint density at radius 2 is 1.70 bits per heavy atom. The van der Waals surface area contributed by atoms with E-state index in [1.54, 1.807) is 24.3 Å². The first kappa shape index (κ1) is 22.8. The van der Waals surface area contributed by atoms with Gasteiger partial charge in [0.1, 0.15) is 12.1 Å². The van der Waals surface area contributed by atoms with Gasteiger partial charge in [0.25, 0.3) is 0 Å². The van der Waals surface area contributed by atoms with Gasteiger partial charge in [-0.3, -0.25) is 13.8 Å². The summed E-state index contributed by atoms with van der Waals surface area (Å²) in [5.41, 5.74) is 0. The molecule has 1 rings (SSSR count). The number of nitrogens with one attached hydrogen (secondary N) is 2. The third-order valence-electron chi connectivity index (χ3n) is 3.80. The number of amides is 2. The molecule has 150 valence electrons. The summed E-state index contributed by atoms with van der Waals surface area (Å²) in [6, 6.07) is 7.23. The molecule has 3 atom stereocenters. The molecule has 0 spiro atoms. The van der Waals surface area contributed by atoms with Crippen LogP contribution in [-0.2, 0) is 29.9 Å². The lowest BCUT2D eigenvalue weighted by molar-refractivity contribution is -0.145. The van der Waals surface area contributed by atoms with Crippen molar-refractivity contribution in [1.82, 2.24) is 10.6 Å². The Balaban J connectivity index is 2.77. The van der Waals surface area contributed by atoms with Crippen LogP contribution in [0.5, 0.6) is 0 Å². The summed E-state index contributed by atoms with van der Waals surface area (Å²) in [7, 11) is -0.0639. The lowest BCUT2D eigenvalue weighted by atomic mass is 10.0. The monoisotopic (exact) mass is 396 g/mol. The quantitative estimate of drug-likeness (QED) is 0.582. The molecule has 0 aliphatic heterocycles. The van der Waals surface area contributed by atoms with Crippen molar-refractivity contribution in [3.63, 3.8) is 0 Å². The third kappa shape index (κ3) is 8.34. The van der Waals surface area contributed by atoms with Gasteiger partial charge < -0.3 is 15.4 Å². The van der Waals surface area contributed by atoms with E-state index in [0.717, 1.165) is 0 Å². The maximum atomic E-state index is 12.6. The molecule has 27 heavy (non-hydrogen) atoms. The van der Waals surface area contributed by atoms with E-state index in [9.17, 15) is 18.6 Å². The first-order valence-corrected chi connectivity index (χ1v) is 10.1. The molecule has 7 nitrogen and oxygen atoms in total. The Bertz CT molecular complexity index is 663. The predicted molar refractivity (Wildman–Crippen MR) is 103 cm³/mol. The largest absolute Gasteiger partial charge is 0.467 e. The number of hydrogen-bond acceptors (Lipinski definition) is 5. The summed E-state index contributed by atoms with van der Waals surface area (Å²) in [6.45, 7) is 5.20. The van der Waals surface area contributed by atoms with Crippen LogP contribution in [-0.4, -0.2) is 46.9 Å². The van der Waals surface area contributed by atoms with Crippen molar-refractivity contribution in [3.05, 3.63) is 30.3 Å². The highest BCUT2D eigenvalue weighted by Gasteiger charge is 2.27. The second-order valence-electron chi connectivity index (χ2n) is 6.62. The van der Waals surface area contributed by atoms with Crippen molar-refractivity contribution >= 4 is 28.6 Å². The number of carbonyl (C=O) groups excluding carboxylic acids is 3. The summed E-state index contributed by atoms with van der Waals surface area (Å²) in [5, 5.41) is 5.22. The molecule has 1 aromatic carbocycles. The molecule has 1 aromatic rings. The lowest BCUT2D eigenvalue weighted by Gasteiger charge is -2.23. The van der Waals surface area contributed by atoms with Gasteiger partial charge in [0.2, 0.25) is 11.8 Å². The van der Waals surface area contributed by atoms with Gasteiger partial charge in [0, 0.05) is 17.6 Å². The van der Waals surface area contributed by atoms with Crippen LogP contribution in [0.2, 0.25) is 0 Å². The first-order valence-electron chi connectivity index (χ1n) is 8.83. The van der Waals surface area contributed by atoms with Crippen LogP contribution in [0.4, 0.5) is 0 Å². The topological polar surface area (TPSA) is 102 Å². The maximum Gasteiger partial charge on any atom is 0.328 e. The fourth-order valence-electron chi connectivity index (χ4n) is 2.53. The molecule has 0 aliphatic carbocycles. The molecular weight excluding hydrogens is 368 g/mol. The number of esters is 1.